The Bertz CT molecular complexity index is 1140. The van der Waals surface area contributed by atoms with Crippen LogP contribution < -0.4 is 20.1 Å². The zero-order valence-electron chi connectivity index (χ0n) is 21.9. The monoisotopic (exact) mass is 548 g/mol. The van der Waals surface area contributed by atoms with E-state index in [1.807, 2.05) is 0 Å². The Balaban J connectivity index is 1.93. The number of nitrogens with one attached hydrogen (secondary N) is 2. The van der Waals surface area contributed by atoms with Gasteiger partial charge >= 0.3 is 6.16 Å². The number of ether oxygens (including phenoxy) is 6. The summed E-state index contributed by atoms with van der Waals surface area (Å²) in [4.78, 5) is 12.4. The number of carbonyl (C=O) groups is 1. The molecule has 0 amide bonds. The first-order chi connectivity index (χ1) is 19.4. The highest BCUT2D eigenvalue weighted by Gasteiger charge is 2.17. The number of benzene rings is 2. The summed E-state index contributed by atoms with van der Waals surface area (Å²) in [5.74, 6) is 0.425. The average molecular weight is 549 g/mol. The summed E-state index contributed by atoms with van der Waals surface area (Å²) >= 11 is 0. The van der Waals surface area contributed by atoms with E-state index in [9.17, 15) is 4.79 Å². The van der Waals surface area contributed by atoms with E-state index in [0.717, 1.165) is 0 Å². The third kappa shape index (κ3) is 11.2. The van der Waals surface area contributed by atoms with Gasteiger partial charge in [0.25, 0.3) is 0 Å². The second-order valence-electron chi connectivity index (χ2n) is 7.97. The Kier molecular flexibility index (Phi) is 13.8. The number of nitriles is 4. The molecule has 0 aliphatic carbocycles. The molecule has 2 aromatic carbocycles. The van der Waals surface area contributed by atoms with Gasteiger partial charge in [-0.2, -0.15) is 21.0 Å². The van der Waals surface area contributed by atoms with Crippen molar-refractivity contribution in [2.75, 3.05) is 51.2 Å². The fourth-order valence-corrected chi connectivity index (χ4v) is 3.24. The van der Waals surface area contributed by atoms with Gasteiger partial charge < -0.3 is 39.1 Å². The summed E-state index contributed by atoms with van der Waals surface area (Å²) in [5, 5.41) is 41.9. The van der Waals surface area contributed by atoms with E-state index in [1.54, 1.807) is 72.8 Å². The summed E-state index contributed by atoms with van der Waals surface area (Å²) in [7, 11) is 2.95. The Hall–Kier alpha value is -4.89. The standard InChI is InChI=1S/C27H28N6O7/c1-35-17-25(37-23(11-28)12-29)15-32-19-5-3-7-21(9-19)39-27(34)40-22-8-4-6-20(10-22)33-16-26(18-36-2)38-24(13-30)14-31/h3-10,23-26,32-33H,15-18H2,1-2H3. The van der Waals surface area contributed by atoms with Crippen molar-refractivity contribution in [1.29, 1.82) is 21.0 Å². The molecule has 0 saturated heterocycles. The molecule has 2 N–H and O–H groups in total. The lowest BCUT2D eigenvalue weighted by atomic mass is 10.2. The van der Waals surface area contributed by atoms with Gasteiger partial charge in [-0.15, -0.1) is 0 Å². The second-order valence-corrected chi connectivity index (χ2v) is 7.97. The molecule has 0 spiro atoms. The lowest BCUT2D eigenvalue weighted by Crippen LogP contribution is -2.31. The molecule has 2 rings (SSSR count). The van der Waals surface area contributed by atoms with Gasteiger partial charge in [-0.3, -0.25) is 0 Å². The minimum absolute atomic E-state index is 0.156. The topological polar surface area (TPSA) is 192 Å². The molecule has 0 aliphatic heterocycles. The number of hydrogen-bond acceptors (Lipinski definition) is 13. The number of rotatable bonds is 16. The first kappa shape index (κ1) is 31.3. The van der Waals surface area contributed by atoms with Crippen molar-refractivity contribution in [3.05, 3.63) is 48.5 Å². The highest BCUT2D eigenvalue weighted by Crippen LogP contribution is 2.21. The van der Waals surface area contributed by atoms with Gasteiger partial charge in [-0.05, 0) is 24.3 Å². The van der Waals surface area contributed by atoms with Crippen molar-refractivity contribution < 1.29 is 33.2 Å². The Morgan fingerprint density at radius 1 is 0.725 bits per heavy atom. The predicted octanol–water partition coefficient (Wildman–Crippen LogP) is 2.98. The molecule has 208 valence electrons. The number of nitrogens with zero attached hydrogens (tertiary/aromatic N) is 4. The van der Waals surface area contributed by atoms with Gasteiger partial charge in [-0.25, -0.2) is 4.79 Å². The molecular weight excluding hydrogens is 520 g/mol. The maximum atomic E-state index is 12.4. The van der Waals surface area contributed by atoms with Crippen LogP contribution in [0.4, 0.5) is 16.2 Å². The molecule has 0 fully saturated rings. The third-order valence-electron chi connectivity index (χ3n) is 4.97. The van der Waals surface area contributed by atoms with Crippen molar-refractivity contribution in [3.63, 3.8) is 0 Å². The predicted molar refractivity (Wildman–Crippen MR) is 140 cm³/mol. The van der Waals surface area contributed by atoms with Crippen LogP contribution in [0, 0.1) is 45.3 Å². The van der Waals surface area contributed by atoms with Crippen LogP contribution in [0.5, 0.6) is 11.5 Å². The van der Waals surface area contributed by atoms with E-state index < -0.39 is 30.6 Å². The van der Waals surface area contributed by atoms with Crippen LogP contribution in [0.2, 0.25) is 0 Å². The van der Waals surface area contributed by atoms with Crippen LogP contribution in [0.15, 0.2) is 48.5 Å². The maximum Gasteiger partial charge on any atom is 0.519 e. The summed E-state index contributed by atoms with van der Waals surface area (Å²) < 4.78 is 31.5. The molecule has 2 aromatic rings. The largest absolute Gasteiger partial charge is 0.519 e. The molecule has 13 nitrogen and oxygen atoms in total. The number of carbonyl (C=O) groups excluding carboxylic acids is 1. The summed E-state index contributed by atoms with van der Waals surface area (Å²) in [5.41, 5.74) is 1.18. The minimum Gasteiger partial charge on any atom is -0.395 e. The number of methoxy groups -OCH3 is 2. The summed E-state index contributed by atoms with van der Waals surface area (Å²) in [6, 6.07) is 20.1. The molecule has 13 heteroatoms. The van der Waals surface area contributed by atoms with Gasteiger partial charge in [0.2, 0.25) is 12.2 Å². The lowest BCUT2D eigenvalue weighted by Gasteiger charge is -2.19. The Labute approximate surface area is 231 Å². The SMILES string of the molecule is COCC(CNc1cccc(OC(=O)Oc2cccc(NCC(COC)OC(C#N)C#N)c2)c1)OC(C#N)C#N. The zero-order chi connectivity index (χ0) is 29.2. The van der Waals surface area contributed by atoms with Gasteiger partial charge in [-0.1, -0.05) is 12.1 Å². The third-order valence-corrected chi connectivity index (χ3v) is 4.97. The second kappa shape index (κ2) is 17.6. The van der Waals surface area contributed by atoms with Crippen molar-refractivity contribution in [2.45, 2.75) is 24.4 Å². The highest BCUT2D eigenvalue weighted by molar-refractivity contribution is 5.68. The first-order valence-electron chi connectivity index (χ1n) is 11.9. The lowest BCUT2D eigenvalue weighted by molar-refractivity contribution is -0.00103. The van der Waals surface area contributed by atoms with E-state index in [1.165, 1.54) is 14.2 Å². The Morgan fingerprint density at radius 2 is 1.12 bits per heavy atom. The summed E-state index contributed by atoms with van der Waals surface area (Å²) in [6.07, 6.45) is -4.55. The quantitative estimate of drug-likeness (QED) is 0.230. The molecule has 2 unspecified atom stereocenters. The normalized spacial score (nSPS) is 11.8. The van der Waals surface area contributed by atoms with Crippen LogP contribution in [0.1, 0.15) is 0 Å². The minimum atomic E-state index is -1.22. The maximum absolute atomic E-state index is 12.4. The van der Waals surface area contributed by atoms with Crippen LogP contribution >= 0.6 is 0 Å². The Morgan fingerprint density at radius 3 is 1.48 bits per heavy atom. The summed E-state index contributed by atoms with van der Waals surface area (Å²) in [6.45, 7) is 0.768. The number of hydrogen-bond donors (Lipinski definition) is 2. The van der Waals surface area contributed by atoms with Crippen molar-refractivity contribution in [3.8, 4) is 35.8 Å². The molecule has 0 aromatic heterocycles. The smallest absolute Gasteiger partial charge is 0.395 e. The number of anilines is 2. The molecular formula is C27H28N6O7. The fraction of sp³-hybridized carbons (Fsp3) is 0.370. The van der Waals surface area contributed by atoms with Gasteiger partial charge in [0.15, 0.2) is 0 Å². The fourth-order valence-electron chi connectivity index (χ4n) is 3.24. The van der Waals surface area contributed by atoms with Gasteiger partial charge in [0.05, 0.1) is 13.2 Å². The molecule has 0 saturated carbocycles. The molecule has 40 heavy (non-hydrogen) atoms. The first-order valence-corrected chi connectivity index (χ1v) is 11.9. The van der Waals surface area contributed by atoms with Crippen LogP contribution in [-0.2, 0) is 18.9 Å². The van der Waals surface area contributed by atoms with Crippen molar-refractivity contribution in [2.24, 2.45) is 0 Å². The van der Waals surface area contributed by atoms with E-state index in [-0.39, 0.29) is 37.8 Å². The van der Waals surface area contributed by atoms with E-state index in [4.69, 9.17) is 49.5 Å². The molecule has 0 radical (unpaired) electrons. The van der Waals surface area contributed by atoms with E-state index >= 15 is 0 Å². The zero-order valence-corrected chi connectivity index (χ0v) is 21.9. The van der Waals surface area contributed by atoms with Crippen LogP contribution in [0.3, 0.4) is 0 Å². The van der Waals surface area contributed by atoms with Crippen LogP contribution in [0.25, 0.3) is 0 Å². The van der Waals surface area contributed by atoms with E-state index in [2.05, 4.69) is 10.6 Å². The molecule has 0 aliphatic rings. The van der Waals surface area contributed by atoms with Gasteiger partial charge in [0, 0.05) is 50.8 Å². The van der Waals surface area contributed by atoms with E-state index in [0.29, 0.717) is 11.4 Å². The average Bonchev–Trinajstić information content (AvgIpc) is 2.96. The highest BCUT2D eigenvalue weighted by atomic mass is 16.7. The molecule has 0 heterocycles. The van der Waals surface area contributed by atoms with Crippen LogP contribution in [-0.4, -0.2) is 71.1 Å². The van der Waals surface area contributed by atoms with Crippen molar-refractivity contribution >= 4 is 17.5 Å². The van der Waals surface area contributed by atoms with Crippen molar-refractivity contribution in [1.82, 2.24) is 0 Å². The molecule has 0 bridgehead atoms. The molecule has 2 atom stereocenters. The van der Waals surface area contributed by atoms with Gasteiger partial charge in [0.1, 0.15) is 48.0 Å².